The normalized spacial score (nSPS) is 12.1. The van der Waals surface area contributed by atoms with Gasteiger partial charge in [-0.15, -0.1) is 0 Å². The van der Waals surface area contributed by atoms with Gasteiger partial charge in [-0.3, -0.25) is 9.13 Å². The van der Waals surface area contributed by atoms with Gasteiger partial charge in [0.15, 0.2) is 5.82 Å². The predicted molar refractivity (Wildman–Crippen MR) is 261 cm³/mol. The molecule has 5 aromatic heterocycles. The summed E-state index contributed by atoms with van der Waals surface area (Å²) in [5.74, 6) is 1.63. The number of fused-ring (bicyclic) bond motifs is 12. The number of benzene rings is 9. The largest absolute Gasteiger partial charge is 0.456 e. The van der Waals surface area contributed by atoms with Crippen LogP contribution < -0.4 is 0 Å². The third-order valence-corrected chi connectivity index (χ3v) is 12.9. The second-order valence-corrected chi connectivity index (χ2v) is 16.4. The van der Waals surface area contributed by atoms with Crippen molar-refractivity contribution in [1.29, 1.82) is 0 Å². The van der Waals surface area contributed by atoms with Gasteiger partial charge < -0.3 is 8.98 Å². The molecule has 0 saturated carbocycles. The molecule has 0 amide bonds. The zero-order chi connectivity index (χ0) is 41.9. The second-order valence-electron chi connectivity index (χ2n) is 16.4. The molecule has 0 unspecified atom stereocenters. The fourth-order valence-corrected chi connectivity index (χ4v) is 10.1. The first kappa shape index (κ1) is 34.9. The van der Waals surface area contributed by atoms with Gasteiger partial charge in [-0.1, -0.05) is 133 Å². The van der Waals surface area contributed by atoms with Crippen LogP contribution in [0.15, 0.2) is 211 Å². The Morgan fingerprint density at radius 1 is 0.281 bits per heavy atom. The van der Waals surface area contributed by atoms with E-state index < -0.39 is 0 Å². The fraction of sp³-hybridized carbons (Fsp3) is 0. The Hall–Kier alpha value is -8.81. The van der Waals surface area contributed by atoms with Crippen LogP contribution in [0.25, 0.3) is 127 Å². The minimum atomic E-state index is 0.536. The summed E-state index contributed by atoms with van der Waals surface area (Å²) in [6.07, 6.45) is 0. The molecule has 0 N–H and O–H groups in total. The van der Waals surface area contributed by atoms with Crippen LogP contribution in [-0.4, -0.2) is 28.7 Å². The van der Waals surface area contributed by atoms with Crippen molar-refractivity contribution in [3.05, 3.63) is 206 Å². The number of nitrogens with zero attached hydrogens (tertiary/aromatic N) is 6. The summed E-state index contributed by atoms with van der Waals surface area (Å²) in [5.41, 5.74) is 12.0. The Kier molecular flexibility index (Phi) is 7.27. The first-order valence-corrected chi connectivity index (χ1v) is 21.5. The Bertz CT molecular complexity index is 3930. The SMILES string of the molecule is c1ccc2c(c1)oc1ccc(-c3cc(-c4nc(-n5c6ccccc6c6ccccc65)nc(-n5c6ccccc6c6ccccc65)n4)cc(-n4c5ccccc5c5ccccc54)c3)cc12. The van der Waals surface area contributed by atoms with E-state index in [4.69, 9.17) is 19.4 Å². The molecule has 14 rings (SSSR count). The molecule has 0 aliphatic carbocycles. The molecule has 7 heteroatoms. The van der Waals surface area contributed by atoms with E-state index in [9.17, 15) is 0 Å². The highest BCUT2D eigenvalue weighted by molar-refractivity contribution is 6.12. The van der Waals surface area contributed by atoms with Crippen LogP contribution in [-0.2, 0) is 0 Å². The maximum absolute atomic E-state index is 6.30. The van der Waals surface area contributed by atoms with E-state index in [1.54, 1.807) is 0 Å². The van der Waals surface area contributed by atoms with E-state index in [0.29, 0.717) is 17.7 Å². The minimum Gasteiger partial charge on any atom is -0.456 e. The Balaban J connectivity index is 1.10. The number of para-hydroxylation sites is 7. The molecule has 298 valence electrons. The van der Waals surface area contributed by atoms with Gasteiger partial charge in [-0.2, -0.15) is 15.0 Å². The number of hydrogen-bond donors (Lipinski definition) is 0. The molecular weight excluding hydrogens is 785 g/mol. The van der Waals surface area contributed by atoms with Gasteiger partial charge in [-0.25, -0.2) is 0 Å². The minimum absolute atomic E-state index is 0.536. The van der Waals surface area contributed by atoms with Crippen LogP contribution in [0.4, 0.5) is 0 Å². The van der Waals surface area contributed by atoms with Crippen molar-refractivity contribution < 1.29 is 4.42 Å². The summed E-state index contributed by atoms with van der Waals surface area (Å²) >= 11 is 0. The lowest BCUT2D eigenvalue weighted by Crippen LogP contribution is -2.10. The highest BCUT2D eigenvalue weighted by atomic mass is 16.3. The van der Waals surface area contributed by atoms with Crippen LogP contribution in [0.1, 0.15) is 0 Å². The summed E-state index contributed by atoms with van der Waals surface area (Å²) in [6, 6.07) is 72.7. The van der Waals surface area contributed by atoms with Crippen molar-refractivity contribution in [2.75, 3.05) is 0 Å². The lowest BCUT2D eigenvalue weighted by atomic mass is 9.99. The summed E-state index contributed by atoms with van der Waals surface area (Å²) in [5, 5.41) is 9.08. The monoisotopic (exact) mass is 818 g/mol. The average Bonchev–Trinajstić information content (AvgIpc) is 4.10. The lowest BCUT2D eigenvalue weighted by molar-refractivity contribution is 0.669. The molecule has 0 spiro atoms. The lowest BCUT2D eigenvalue weighted by Gasteiger charge is -2.15. The van der Waals surface area contributed by atoms with Crippen molar-refractivity contribution >= 4 is 87.4 Å². The summed E-state index contributed by atoms with van der Waals surface area (Å²) < 4.78 is 13.0. The zero-order valence-electron chi connectivity index (χ0n) is 34.2. The molecule has 0 aliphatic heterocycles. The molecule has 9 aromatic carbocycles. The number of furan rings is 1. The predicted octanol–water partition coefficient (Wildman–Crippen LogP) is 14.4. The molecular formula is C57H34N6O. The third-order valence-electron chi connectivity index (χ3n) is 12.9. The number of rotatable bonds is 5. The molecule has 7 nitrogen and oxygen atoms in total. The van der Waals surface area contributed by atoms with Crippen LogP contribution in [0, 0.1) is 0 Å². The van der Waals surface area contributed by atoms with Crippen LogP contribution in [0.2, 0.25) is 0 Å². The van der Waals surface area contributed by atoms with Crippen LogP contribution in [0.5, 0.6) is 0 Å². The first-order valence-electron chi connectivity index (χ1n) is 21.5. The van der Waals surface area contributed by atoms with E-state index in [-0.39, 0.29) is 0 Å². The van der Waals surface area contributed by atoms with Gasteiger partial charge >= 0.3 is 0 Å². The highest BCUT2D eigenvalue weighted by Gasteiger charge is 2.22. The third kappa shape index (κ3) is 5.06. The molecule has 0 bridgehead atoms. The van der Waals surface area contributed by atoms with Crippen molar-refractivity contribution in [2.45, 2.75) is 0 Å². The van der Waals surface area contributed by atoms with Crippen molar-refractivity contribution in [2.24, 2.45) is 0 Å². The number of aromatic nitrogens is 6. The second kappa shape index (κ2) is 13.3. The Morgan fingerprint density at radius 3 is 1.16 bits per heavy atom. The first-order chi connectivity index (χ1) is 31.7. The summed E-state index contributed by atoms with van der Waals surface area (Å²) in [7, 11) is 0. The van der Waals surface area contributed by atoms with Gasteiger partial charge in [0.2, 0.25) is 11.9 Å². The Labute approximate surface area is 365 Å². The van der Waals surface area contributed by atoms with Gasteiger partial charge in [0.25, 0.3) is 0 Å². The van der Waals surface area contributed by atoms with Gasteiger partial charge in [0, 0.05) is 54.3 Å². The van der Waals surface area contributed by atoms with Crippen LogP contribution >= 0.6 is 0 Å². The summed E-state index contributed by atoms with van der Waals surface area (Å²) in [6.45, 7) is 0. The Morgan fingerprint density at radius 2 is 0.672 bits per heavy atom. The maximum Gasteiger partial charge on any atom is 0.240 e. The van der Waals surface area contributed by atoms with E-state index >= 15 is 0 Å². The average molecular weight is 819 g/mol. The van der Waals surface area contributed by atoms with Crippen molar-refractivity contribution in [3.63, 3.8) is 0 Å². The molecule has 14 aromatic rings. The fourth-order valence-electron chi connectivity index (χ4n) is 10.1. The number of hydrogen-bond acceptors (Lipinski definition) is 4. The van der Waals surface area contributed by atoms with E-state index in [1.807, 2.05) is 12.1 Å². The molecule has 0 saturated heterocycles. The molecule has 64 heavy (non-hydrogen) atoms. The maximum atomic E-state index is 6.30. The van der Waals surface area contributed by atoms with Crippen molar-refractivity contribution in [1.82, 2.24) is 28.7 Å². The van der Waals surface area contributed by atoms with E-state index in [1.165, 1.54) is 10.8 Å². The van der Waals surface area contributed by atoms with Crippen LogP contribution in [0.3, 0.4) is 0 Å². The van der Waals surface area contributed by atoms with E-state index in [0.717, 1.165) is 99.0 Å². The molecule has 0 radical (unpaired) electrons. The topological polar surface area (TPSA) is 66.6 Å². The smallest absolute Gasteiger partial charge is 0.240 e. The molecule has 5 heterocycles. The molecule has 0 atom stereocenters. The van der Waals surface area contributed by atoms with Gasteiger partial charge in [0.1, 0.15) is 11.2 Å². The molecule has 0 aliphatic rings. The van der Waals surface area contributed by atoms with Gasteiger partial charge in [-0.05, 0) is 83.9 Å². The van der Waals surface area contributed by atoms with Crippen molar-refractivity contribution in [3.8, 4) is 40.1 Å². The quantitative estimate of drug-likeness (QED) is 0.173. The highest BCUT2D eigenvalue weighted by Crippen LogP contribution is 2.39. The summed E-state index contributed by atoms with van der Waals surface area (Å²) in [4.78, 5) is 16.4. The van der Waals surface area contributed by atoms with E-state index in [2.05, 4.69) is 208 Å². The molecule has 0 fully saturated rings. The standard InChI is InChI=1S/C57H34N6O/c1-8-22-47-39(15-1)40-16-2-9-23-48(40)61(47)38-32-36(35-29-30-54-46(34-35)45-21-7-14-28-53(45)64-54)31-37(33-38)55-58-56(62-49-24-10-3-17-41(49)42-18-4-11-25-50(42)62)60-57(59-55)63-51-26-12-5-19-43(51)44-20-6-13-27-52(44)63/h1-34H. The van der Waals surface area contributed by atoms with Gasteiger partial charge in [0.05, 0.1) is 33.1 Å². The zero-order valence-corrected chi connectivity index (χ0v) is 34.2.